The standard InChI is InChI=1S/C16H20N2O/c1-4-13-5-7-15(8-6-13)19-16-9-12(2)18-11-14(16)10-17-3/h5-9,11,17H,4,10H2,1-3H3. The van der Waals surface area contributed by atoms with Crippen LogP contribution in [0.3, 0.4) is 0 Å². The minimum absolute atomic E-state index is 0.746. The molecule has 0 aliphatic rings. The number of hydrogen-bond acceptors (Lipinski definition) is 3. The quantitative estimate of drug-likeness (QED) is 0.889. The van der Waals surface area contributed by atoms with Crippen LogP contribution in [-0.4, -0.2) is 12.0 Å². The Morgan fingerprint density at radius 2 is 1.95 bits per heavy atom. The van der Waals surface area contributed by atoms with Gasteiger partial charge in [-0.2, -0.15) is 0 Å². The van der Waals surface area contributed by atoms with Gasteiger partial charge in [0.05, 0.1) is 0 Å². The van der Waals surface area contributed by atoms with Crippen molar-refractivity contribution in [1.29, 1.82) is 0 Å². The SMILES string of the molecule is CCc1ccc(Oc2cc(C)ncc2CNC)cc1. The van der Waals surface area contributed by atoms with Crippen LogP contribution in [0.1, 0.15) is 23.7 Å². The van der Waals surface area contributed by atoms with Crippen molar-refractivity contribution in [1.82, 2.24) is 10.3 Å². The van der Waals surface area contributed by atoms with E-state index in [-0.39, 0.29) is 0 Å². The normalized spacial score (nSPS) is 10.5. The number of ether oxygens (including phenoxy) is 1. The molecule has 0 aliphatic heterocycles. The maximum atomic E-state index is 5.96. The Morgan fingerprint density at radius 3 is 2.58 bits per heavy atom. The molecule has 3 heteroatoms. The van der Waals surface area contributed by atoms with Gasteiger partial charge in [-0.1, -0.05) is 19.1 Å². The van der Waals surface area contributed by atoms with Gasteiger partial charge in [0.1, 0.15) is 11.5 Å². The Morgan fingerprint density at radius 1 is 1.21 bits per heavy atom. The smallest absolute Gasteiger partial charge is 0.135 e. The number of nitrogens with zero attached hydrogens (tertiary/aromatic N) is 1. The summed E-state index contributed by atoms with van der Waals surface area (Å²) in [6.07, 6.45) is 2.90. The van der Waals surface area contributed by atoms with Gasteiger partial charge in [-0.25, -0.2) is 0 Å². The molecule has 0 unspecified atom stereocenters. The molecule has 1 aromatic carbocycles. The molecular formula is C16H20N2O. The lowest BCUT2D eigenvalue weighted by molar-refractivity contribution is 0.472. The van der Waals surface area contributed by atoms with Crippen molar-refractivity contribution in [3.05, 3.63) is 53.3 Å². The van der Waals surface area contributed by atoms with Crippen molar-refractivity contribution in [2.45, 2.75) is 26.8 Å². The summed E-state index contributed by atoms with van der Waals surface area (Å²) < 4.78 is 5.96. The van der Waals surface area contributed by atoms with Gasteiger partial charge in [-0.05, 0) is 38.1 Å². The molecule has 0 saturated heterocycles. The number of nitrogens with one attached hydrogen (secondary N) is 1. The van der Waals surface area contributed by atoms with E-state index in [9.17, 15) is 0 Å². The fourth-order valence-electron chi connectivity index (χ4n) is 1.90. The summed E-state index contributed by atoms with van der Waals surface area (Å²) in [7, 11) is 1.92. The van der Waals surface area contributed by atoms with E-state index in [0.717, 1.165) is 35.7 Å². The highest BCUT2D eigenvalue weighted by molar-refractivity contribution is 5.38. The van der Waals surface area contributed by atoms with E-state index in [1.807, 2.05) is 38.4 Å². The van der Waals surface area contributed by atoms with Gasteiger partial charge in [0.2, 0.25) is 0 Å². The number of rotatable bonds is 5. The third-order valence-corrected chi connectivity index (χ3v) is 3.01. The first-order chi connectivity index (χ1) is 9.22. The topological polar surface area (TPSA) is 34.1 Å². The first-order valence-electron chi connectivity index (χ1n) is 6.60. The molecule has 0 fully saturated rings. The lowest BCUT2D eigenvalue weighted by atomic mass is 10.2. The van der Waals surface area contributed by atoms with E-state index >= 15 is 0 Å². The molecule has 1 aromatic heterocycles. The largest absolute Gasteiger partial charge is 0.457 e. The van der Waals surface area contributed by atoms with Crippen LogP contribution in [0, 0.1) is 6.92 Å². The highest BCUT2D eigenvalue weighted by Crippen LogP contribution is 2.26. The summed E-state index contributed by atoms with van der Waals surface area (Å²) in [6.45, 7) is 4.86. The fourth-order valence-corrected chi connectivity index (χ4v) is 1.90. The molecule has 100 valence electrons. The number of aryl methyl sites for hydroxylation is 2. The second-order valence-electron chi connectivity index (χ2n) is 4.56. The van der Waals surface area contributed by atoms with Gasteiger partial charge in [0.15, 0.2) is 0 Å². The molecule has 2 rings (SSSR count). The predicted octanol–water partition coefficient (Wildman–Crippen LogP) is 3.46. The zero-order valence-corrected chi connectivity index (χ0v) is 11.7. The Bertz CT molecular complexity index is 535. The number of hydrogen-bond donors (Lipinski definition) is 1. The molecule has 0 bridgehead atoms. The molecule has 0 spiro atoms. The van der Waals surface area contributed by atoms with E-state index in [2.05, 4.69) is 29.4 Å². The van der Waals surface area contributed by atoms with Crippen LogP contribution in [-0.2, 0) is 13.0 Å². The van der Waals surface area contributed by atoms with Gasteiger partial charge < -0.3 is 10.1 Å². The second kappa shape index (κ2) is 6.34. The number of aromatic nitrogens is 1. The fraction of sp³-hybridized carbons (Fsp3) is 0.312. The molecule has 0 aliphatic carbocycles. The Hall–Kier alpha value is -1.87. The number of pyridine rings is 1. The lowest BCUT2D eigenvalue weighted by Crippen LogP contribution is -2.07. The van der Waals surface area contributed by atoms with Crippen molar-refractivity contribution >= 4 is 0 Å². The summed E-state index contributed by atoms with van der Waals surface area (Å²) in [5.74, 6) is 1.73. The van der Waals surface area contributed by atoms with Crippen LogP contribution < -0.4 is 10.1 Å². The maximum Gasteiger partial charge on any atom is 0.135 e. The van der Waals surface area contributed by atoms with E-state index in [4.69, 9.17) is 4.74 Å². The van der Waals surface area contributed by atoms with E-state index in [1.165, 1.54) is 5.56 Å². The summed E-state index contributed by atoms with van der Waals surface area (Å²) in [5.41, 5.74) is 3.33. The van der Waals surface area contributed by atoms with Crippen LogP contribution in [0.15, 0.2) is 36.5 Å². The average molecular weight is 256 g/mol. The Labute approximate surface area is 114 Å². The average Bonchev–Trinajstić information content (AvgIpc) is 2.43. The monoisotopic (exact) mass is 256 g/mol. The van der Waals surface area contributed by atoms with Crippen LogP contribution >= 0.6 is 0 Å². The molecule has 1 heterocycles. The van der Waals surface area contributed by atoms with Crippen molar-refractivity contribution in [3.63, 3.8) is 0 Å². The highest BCUT2D eigenvalue weighted by atomic mass is 16.5. The van der Waals surface area contributed by atoms with Crippen LogP contribution in [0.25, 0.3) is 0 Å². The van der Waals surface area contributed by atoms with Crippen LogP contribution in [0.2, 0.25) is 0 Å². The zero-order chi connectivity index (χ0) is 13.7. The Kier molecular flexibility index (Phi) is 4.53. The molecule has 1 N–H and O–H groups in total. The maximum absolute atomic E-state index is 5.96. The predicted molar refractivity (Wildman–Crippen MR) is 77.6 cm³/mol. The summed E-state index contributed by atoms with van der Waals surface area (Å²) in [6, 6.07) is 10.2. The third kappa shape index (κ3) is 3.55. The Balaban J connectivity index is 2.23. The van der Waals surface area contributed by atoms with Gasteiger partial charge in [0.25, 0.3) is 0 Å². The van der Waals surface area contributed by atoms with E-state index in [0.29, 0.717) is 0 Å². The molecule has 0 radical (unpaired) electrons. The first-order valence-corrected chi connectivity index (χ1v) is 6.60. The van der Waals surface area contributed by atoms with Gasteiger partial charge in [0, 0.05) is 30.1 Å². The number of benzene rings is 1. The summed E-state index contributed by atoms with van der Waals surface area (Å²) >= 11 is 0. The highest BCUT2D eigenvalue weighted by Gasteiger charge is 2.06. The second-order valence-corrected chi connectivity index (χ2v) is 4.56. The molecule has 0 saturated carbocycles. The minimum Gasteiger partial charge on any atom is -0.457 e. The van der Waals surface area contributed by atoms with E-state index < -0.39 is 0 Å². The molecular weight excluding hydrogens is 236 g/mol. The first kappa shape index (κ1) is 13.6. The molecule has 2 aromatic rings. The van der Waals surface area contributed by atoms with Gasteiger partial charge >= 0.3 is 0 Å². The molecule has 0 atom stereocenters. The van der Waals surface area contributed by atoms with Gasteiger partial charge in [-0.15, -0.1) is 0 Å². The van der Waals surface area contributed by atoms with E-state index in [1.54, 1.807) is 0 Å². The van der Waals surface area contributed by atoms with Crippen molar-refractivity contribution in [2.24, 2.45) is 0 Å². The van der Waals surface area contributed by atoms with Crippen LogP contribution in [0.4, 0.5) is 0 Å². The van der Waals surface area contributed by atoms with Crippen LogP contribution in [0.5, 0.6) is 11.5 Å². The molecule has 3 nitrogen and oxygen atoms in total. The van der Waals surface area contributed by atoms with Crippen molar-refractivity contribution in [3.8, 4) is 11.5 Å². The third-order valence-electron chi connectivity index (χ3n) is 3.01. The lowest BCUT2D eigenvalue weighted by Gasteiger charge is -2.11. The molecule has 0 amide bonds. The van der Waals surface area contributed by atoms with Crippen molar-refractivity contribution in [2.75, 3.05) is 7.05 Å². The minimum atomic E-state index is 0.746. The van der Waals surface area contributed by atoms with Crippen molar-refractivity contribution < 1.29 is 4.74 Å². The summed E-state index contributed by atoms with van der Waals surface area (Å²) in [4.78, 5) is 4.31. The molecule has 19 heavy (non-hydrogen) atoms. The summed E-state index contributed by atoms with van der Waals surface area (Å²) in [5, 5.41) is 3.13. The zero-order valence-electron chi connectivity index (χ0n) is 11.7. The van der Waals surface area contributed by atoms with Gasteiger partial charge in [-0.3, -0.25) is 4.98 Å².